The molecule has 4 rings (SSSR count). The van der Waals surface area contributed by atoms with Gasteiger partial charge < -0.3 is 14.7 Å². The van der Waals surface area contributed by atoms with Gasteiger partial charge in [-0.15, -0.1) is 0 Å². The second-order valence-electron chi connectivity index (χ2n) is 8.65. The molecule has 0 bridgehead atoms. The van der Waals surface area contributed by atoms with Crippen LogP contribution in [-0.2, 0) is 35.4 Å². The number of carboxylic acid groups (broad SMARTS) is 1. The average molecular weight is 462 g/mol. The summed E-state index contributed by atoms with van der Waals surface area (Å²) in [5.74, 6) is -0.621. The second-order valence-corrected chi connectivity index (χ2v) is 8.65. The molecule has 1 aliphatic heterocycles. The van der Waals surface area contributed by atoms with Crippen LogP contribution in [0.15, 0.2) is 54.6 Å². The van der Waals surface area contributed by atoms with E-state index in [9.17, 15) is 14.0 Å². The van der Waals surface area contributed by atoms with Crippen LogP contribution in [-0.4, -0.2) is 35.5 Å². The topological polar surface area (TPSA) is 66.8 Å². The number of nitrogens with zero attached hydrogens (tertiary/aromatic N) is 1. The number of carboxylic acids is 1. The second kappa shape index (κ2) is 10.1. The van der Waals surface area contributed by atoms with Crippen LogP contribution < -0.4 is 4.74 Å². The average Bonchev–Trinajstić information content (AvgIpc) is 2.83. The fraction of sp³-hybridized carbons (Fsp3) is 0.286. The van der Waals surface area contributed by atoms with Crippen molar-refractivity contribution in [1.82, 2.24) is 4.90 Å². The van der Waals surface area contributed by atoms with Crippen LogP contribution in [0.2, 0.25) is 0 Å². The minimum absolute atomic E-state index is 0.0490. The molecule has 0 aromatic heterocycles. The highest BCUT2D eigenvalue weighted by Gasteiger charge is 2.26. The maximum Gasteiger partial charge on any atom is 0.307 e. The van der Waals surface area contributed by atoms with E-state index in [0.717, 1.165) is 22.3 Å². The monoisotopic (exact) mass is 461 g/mol. The van der Waals surface area contributed by atoms with Gasteiger partial charge in [-0.2, -0.15) is 0 Å². The number of hydrogen-bond donors (Lipinski definition) is 1. The summed E-state index contributed by atoms with van der Waals surface area (Å²) in [5, 5.41) is 9.10. The van der Waals surface area contributed by atoms with E-state index in [2.05, 4.69) is 0 Å². The summed E-state index contributed by atoms with van der Waals surface area (Å²) in [6.07, 6.45) is 1.41. The fourth-order valence-corrected chi connectivity index (χ4v) is 4.63. The van der Waals surface area contributed by atoms with E-state index in [1.165, 1.54) is 18.7 Å². The Morgan fingerprint density at radius 2 is 1.82 bits per heavy atom. The minimum Gasteiger partial charge on any atom is -0.496 e. The van der Waals surface area contributed by atoms with Gasteiger partial charge in [-0.05, 0) is 65.3 Å². The van der Waals surface area contributed by atoms with Crippen LogP contribution in [0, 0.1) is 12.7 Å². The first-order valence-corrected chi connectivity index (χ1v) is 11.4. The molecule has 0 aliphatic carbocycles. The predicted octanol–water partition coefficient (Wildman–Crippen LogP) is 4.95. The number of carbonyl (C=O) groups is 2. The standard InChI is InChI=1S/C28H28FNO4/c1-18-5-3-4-6-20(18)8-12-27(31)30-14-13-22-24(17-30)21(10-11-25(22)29)23-9-7-19(16-28(32)33)15-26(23)34-2/h3-7,9-11,15H,8,12-14,16-17H2,1-2H3,(H,32,33). The third-order valence-electron chi connectivity index (χ3n) is 6.49. The third kappa shape index (κ3) is 4.96. The van der Waals surface area contributed by atoms with Crippen molar-refractivity contribution in [3.8, 4) is 16.9 Å². The maximum absolute atomic E-state index is 14.7. The molecule has 1 amide bonds. The van der Waals surface area contributed by atoms with E-state index in [1.54, 1.807) is 23.1 Å². The van der Waals surface area contributed by atoms with E-state index in [-0.39, 0.29) is 18.1 Å². The fourth-order valence-electron chi connectivity index (χ4n) is 4.63. The number of amides is 1. The molecule has 0 fully saturated rings. The Labute approximate surface area is 198 Å². The highest BCUT2D eigenvalue weighted by atomic mass is 19.1. The summed E-state index contributed by atoms with van der Waals surface area (Å²) in [6, 6.07) is 16.5. The molecule has 0 atom stereocenters. The number of aliphatic carboxylic acids is 1. The van der Waals surface area contributed by atoms with Crippen molar-refractivity contribution in [1.29, 1.82) is 0 Å². The first-order valence-electron chi connectivity index (χ1n) is 11.4. The zero-order valence-electron chi connectivity index (χ0n) is 19.4. The molecular formula is C28H28FNO4. The van der Waals surface area contributed by atoms with Crippen LogP contribution in [0.5, 0.6) is 5.75 Å². The van der Waals surface area contributed by atoms with Gasteiger partial charge in [0, 0.05) is 25.1 Å². The number of halogens is 1. The van der Waals surface area contributed by atoms with Crippen molar-refractivity contribution >= 4 is 11.9 Å². The SMILES string of the molecule is COc1cc(CC(=O)O)ccc1-c1ccc(F)c2c1CN(C(=O)CCc1ccccc1C)CC2. The number of benzene rings is 3. The van der Waals surface area contributed by atoms with Gasteiger partial charge in [0.05, 0.1) is 13.5 Å². The summed E-state index contributed by atoms with van der Waals surface area (Å²) in [5.41, 5.74) is 5.90. The Bertz CT molecular complexity index is 1240. The first-order chi connectivity index (χ1) is 16.4. The highest BCUT2D eigenvalue weighted by Crippen LogP contribution is 2.37. The van der Waals surface area contributed by atoms with Gasteiger partial charge in [-0.25, -0.2) is 4.39 Å². The lowest BCUT2D eigenvalue weighted by atomic mass is 9.89. The molecule has 0 spiro atoms. The molecule has 6 heteroatoms. The minimum atomic E-state index is -0.922. The Morgan fingerprint density at radius 1 is 1.06 bits per heavy atom. The number of rotatable bonds is 7. The number of fused-ring (bicyclic) bond motifs is 1. The van der Waals surface area contributed by atoms with Crippen LogP contribution in [0.25, 0.3) is 11.1 Å². The Balaban J connectivity index is 1.60. The molecule has 3 aromatic carbocycles. The Hall–Kier alpha value is -3.67. The normalized spacial score (nSPS) is 12.9. The summed E-state index contributed by atoms with van der Waals surface area (Å²) >= 11 is 0. The number of ether oxygens (including phenoxy) is 1. The lowest BCUT2D eigenvalue weighted by Gasteiger charge is -2.31. The van der Waals surface area contributed by atoms with Crippen molar-refractivity contribution in [2.45, 2.75) is 39.2 Å². The van der Waals surface area contributed by atoms with Gasteiger partial charge in [-0.3, -0.25) is 9.59 Å². The van der Waals surface area contributed by atoms with Gasteiger partial charge in [0.25, 0.3) is 0 Å². The molecule has 5 nitrogen and oxygen atoms in total. The van der Waals surface area contributed by atoms with E-state index in [4.69, 9.17) is 9.84 Å². The number of methoxy groups -OCH3 is 1. The molecule has 0 radical (unpaired) electrons. The molecule has 34 heavy (non-hydrogen) atoms. The summed E-state index contributed by atoms with van der Waals surface area (Å²) < 4.78 is 20.2. The number of carbonyl (C=O) groups excluding carboxylic acids is 1. The zero-order chi connectivity index (χ0) is 24.2. The number of aryl methyl sites for hydroxylation is 2. The van der Waals surface area contributed by atoms with Crippen LogP contribution in [0.3, 0.4) is 0 Å². The smallest absolute Gasteiger partial charge is 0.307 e. The molecule has 0 saturated heterocycles. The largest absolute Gasteiger partial charge is 0.496 e. The van der Waals surface area contributed by atoms with E-state index < -0.39 is 5.97 Å². The summed E-state index contributed by atoms with van der Waals surface area (Å²) in [6.45, 7) is 2.85. The lowest BCUT2D eigenvalue weighted by Crippen LogP contribution is -2.36. The lowest BCUT2D eigenvalue weighted by molar-refractivity contribution is -0.136. The quantitative estimate of drug-likeness (QED) is 0.540. The maximum atomic E-state index is 14.7. The van der Waals surface area contributed by atoms with Crippen molar-refractivity contribution in [3.63, 3.8) is 0 Å². The molecule has 0 saturated carbocycles. The highest BCUT2D eigenvalue weighted by molar-refractivity contribution is 5.80. The van der Waals surface area contributed by atoms with Gasteiger partial charge in [0.2, 0.25) is 5.91 Å². The summed E-state index contributed by atoms with van der Waals surface area (Å²) in [7, 11) is 1.53. The zero-order valence-corrected chi connectivity index (χ0v) is 19.4. The van der Waals surface area contributed by atoms with Gasteiger partial charge in [0.15, 0.2) is 0 Å². The molecule has 1 aliphatic rings. The van der Waals surface area contributed by atoms with Crippen molar-refractivity contribution in [2.24, 2.45) is 0 Å². The van der Waals surface area contributed by atoms with E-state index in [1.807, 2.05) is 37.3 Å². The molecular weight excluding hydrogens is 433 g/mol. The first kappa shape index (κ1) is 23.5. The number of hydrogen-bond acceptors (Lipinski definition) is 3. The predicted molar refractivity (Wildman–Crippen MR) is 128 cm³/mol. The van der Waals surface area contributed by atoms with Gasteiger partial charge >= 0.3 is 5.97 Å². The van der Waals surface area contributed by atoms with Crippen LogP contribution in [0.4, 0.5) is 4.39 Å². The van der Waals surface area contributed by atoms with Crippen LogP contribution >= 0.6 is 0 Å². The van der Waals surface area contributed by atoms with Gasteiger partial charge in [0.1, 0.15) is 11.6 Å². The molecule has 176 valence electrons. The van der Waals surface area contributed by atoms with Crippen molar-refractivity contribution in [2.75, 3.05) is 13.7 Å². The molecule has 0 unspecified atom stereocenters. The Kier molecular flexibility index (Phi) is 6.96. The van der Waals surface area contributed by atoms with Crippen LogP contribution in [0.1, 0.15) is 34.2 Å². The van der Waals surface area contributed by atoms with Crippen molar-refractivity contribution in [3.05, 3.63) is 88.2 Å². The van der Waals surface area contributed by atoms with E-state index >= 15 is 0 Å². The van der Waals surface area contributed by atoms with Crippen molar-refractivity contribution < 1.29 is 23.8 Å². The Morgan fingerprint density at radius 3 is 2.56 bits per heavy atom. The molecule has 3 aromatic rings. The molecule has 1 N–H and O–H groups in total. The summed E-state index contributed by atoms with van der Waals surface area (Å²) in [4.78, 5) is 25.9. The van der Waals surface area contributed by atoms with Gasteiger partial charge in [-0.1, -0.05) is 42.5 Å². The van der Waals surface area contributed by atoms with E-state index in [0.29, 0.717) is 49.2 Å². The molecule has 1 heterocycles. The third-order valence-corrected chi connectivity index (χ3v) is 6.49.